The summed E-state index contributed by atoms with van der Waals surface area (Å²) in [4.78, 5) is 18.5. The first-order chi connectivity index (χ1) is 13.5. The zero-order valence-corrected chi connectivity index (χ0v) is 16.4. The molecule has 1 fully saturated rings. The Morgan fingerprint density at radius 2 is 2.21 bits per heavy atom. The number of benzene rings is 1. The lowest BCUT2D eigenvalue weighted by Gasteiger charge is -2.33. The summed E-state index contributed by atoms with van der Waals surface area (Å²) in [6, 6.07) is 6.20. The molecule has 0 spiro atoms. The molecule has 9 heteroatoms. The van der Waals surface area contributed by atoms with Gasteiger partial charge in [0.25, 0.3) is 0 Å². The van der Waals surface area contributed by atoms with Gasteiger partial charge >= 0.3 is 0 Å². The molecule has 1 saturated heterocycles. The summed E-state index contributed by atoms with van der Waals surface area (Å²) in [5.41, 5.74) is 6.24. The Labute approximate surface area is 165 Å². The minimum atomic E-state index is -0.318. The number of nitrogens with one attached hydrogen (secondary N) is 1. The summed E-state index contributed by atoms with van der Waals surface area (Å²) in [7, 11) is 0. The average Bonchev–Trinajstić information content (AvgIpc) is 3.22. The van der Waals surface area contributed by atoms with Crippen molar-refractivity contribution in [1.29, 1.82) is 0 Å². The van der Waals surface area contributed by atoms with Gasteiger partial charge in [-0.25, -0.2) is 9.37 Å². The Morgan fingerprint density at radius 1 is 1.46 bits per heavy atom. The summed E-state index contributed by atoms with van der Waals surface area (Å²) in [5.74, 6) is 0.00664. The number of rotatable bonds is 5. The van der Waals surface area contributed by atoms with Crippen LogP contribution in [0.25, 0.3) is 4.96 Å². The molecule has 2 aromatic heterocycles. The van der Waals surface area contributed by atoms with E-state index in [0.29, 0.717) is 48.0 Å². The number of nitrogens with zero attached hydrogens (tertiary/aromatic N) is 3. The lowest BCUT2D eigenvalue weighted by atomic mass is 9.93. The molecule has 7 nitrogen and oxygen atoms in total. The normalized spacial score (nSPS) is 21.1. The number of hydrogen-bond donors (Lipinski definition) is 3. The van der Waals surface area contributed by atoms with E-state index >= 15 is 0 Å². The zero-order valence-electron chi connectivity index (χ0n) is 15.6. The van der Waals surface area contributed by atoms with Crippen molar-refractivity contribution in [2.45, 2.75) is 32.2 Å². The van der Waals surface area contributed by atoms with Gasteiger partial charge in [0.1, 0.15) is 10.7 Å². The highest BCUT2D eigenvalue weighted by Gasteiger charge is 2.36. The molecule has 3 aromatic rings. The van der Waals surface area contributed by atoms with Crippen molar-refractivity contribution in [3.63, 3.8) is 0 Å². The van der Waals surface area contributed by atoms with E-state index in [9.17, 15) is 14.3 Å². The van der Waals surface area contributed by atoms with Gasteiger partial charge in [0, 0.05) is 30.7 Å². The number of hydrogen-bond acceptors (Lipinski definition) is 5. The van der Waals surface area contributed by atoms with E-state index in [0.717, 1.165) is 5.56 Å². The van der Waals surface area contributed by atoms with Crippen LogP contribution in [0, 0.1) is 11.7 Å². The molecular weight excluding hydrogens is 381 g/mol. The van der Waals surface area contributed by atoms with E-state index in [2.05, 4.69) is 10.1 Å². The molecule has 1 atom stereocenters. The monoisotopic (exact) mass is 404 g/mol. The second kappa shape index (κ2) is 7.48. The van der Waals surface area contributed by atoms with Crippen molar-refractivity contribution >= 4 is 22.2 Å². The van der Waals surface area contributed by atoms with Gasteiger partial charge in [0.15, 0.2) is 11.9 Å². The van der Waals surface area contributed by atoms with Gasteiger partial charge in [0.05, 0.1) is 13.1 Å². The van der Waals surface area contributed by atoms with Crippen LogP contribution in [0.2, 0.25) is 0 Å². The van der Waals surface area contributed by atoms with Crippen LogP contribution in [0.3, 0.4) is 0 Å². The number of piperidine rings is 1. The van der Waals surface area contributed by atoms with Gasteiger partial charge in [-0.05, 0) is 12.1 Å². The second-order valence-corrected chi connectivity index (χ2v) is 8.20. The van der Waals surface area contributed by atoms with Gasteiger partial charge in [-0.15, -0.1) is 5.10 Å². The quantitative estimate of drug-likeness (QED) is 0.592. The highest BCUT2D eigenvalue weighted by atomic mass is 32.1. The molecule has 4 N–H and O–H groups in total. The molecule has 148 valence electrons. The van der Waals surface area contributed by atoms with Crippen molar-refractivity contribution in [2.24, 2.45) is 11.7 Å². The second-order valence-electron chi connectivity index (χ2n) is 7.19. The number of fused-ring (bicyclic) bond motifs is 1. The number of likely N-dealkylation sites (tertiary alicyclic amines) is 1. The van der Waals surface area contributed by atoms with Crippen LogP contribution in [-0.2, 0) is 11.2 Å². The van der Waals surface area contributed by atoms with E-state index in [1.807, 2.05) is 13.0 Å². The van der Waals surface area contributed by atoms with Crippen molar-refractivity contribution in [2.75, 3.05) is 13.1 Å². The van der Waals surface area contributed by atoms with Crippen molar-refractivity contribution in [3.05, 3.63) is 46.3 Å². The largest absolute Gasteiger partial charge is 0.492 e. The molecular formula is C19H23FN5O2S+. The molecule has 1 aliphatic rings. The van der Waals surface area contributed by atoms with E-state index < -0.39 is 0 Å². The Bertz CT molecular complexity index is 1010. The predicted octanol–water partition coefficient (Wildman–Crippen LogP) is 1.07. The molecule has 0 bridgehead atoms. The highest BCUT2D eigenvalue weighted by Crippen LogP contribution is 2.35. The Hall–Kier alpha value is -2.52. The third-order valence-corrected chi connectivity index (χ3v) is 6.53. The molecule has 1 aromatic carbocycles. The highest BCUT2D eigenvalue weighted by molar-refractivity contribution is 7.17. The third-order valence-electron chi connectivity index (χ3n) is 5.44. The fourth-order valence-corrected chi connectivity index (χ4v) is 5.11. The standard InChI is InChI=1S/C19H22FN5O2S/c1-2-14-22-19-25(23-14)18(27)16(28-19)15(12-4-3-5-13(20)10-12)24-8-6-11(7-9-24)17(21)26/h3-5,10-11,15,27H,2,6-9H2,1H3,(H2,21,26)/p+1/t15-/m0/s1. The average molecular weight is 404 g/mol. The number of aromatic hydroxyl groups is 1. The minimum Gasteiger partial charge on any atom is -0.492 e. The number of aromatic nitrogens is 3. The maximum atomic E-state index is 14.0. The number of carbonyl (C=O) groups excluding carboxylic acids is 1. The summed E-state index contributed by atoms with van der Waals surface area (Å²) in [5, 5.41) is 15.2. The van der Waals surface area contributed by atoms with E-state index in [1.54, 1.807) is 6.07 Å². The van der Waals surface area contributed by atoms with Crippen LogP contribution in [-0.4, -0.2) is 38.7 Å². The first-order valence-electron chi connectivity index (χ1n) is 9.44. The van der Waals surface area contributed by atoms with E-state index in [4.69, 9.17) is 5.73 Å². The first kappa shape index (κ1) is 18.8. The van der Waals surface area contributed by atoms with E-state index in [-0.39, 0.29) is 29.6 Å². The third kappa shape index (κ3) is 3.35. The smallest absolute Gasteiger partial charge is 0.235 e. The van der Waals surface area contributed by atoms with Crippen LogP contribution in [0.15, 0.2) is 24.3 Å². The molecule has 28 heavy (non-hydrogen) atoms. The number of nitrogens with two attached hydrogens (primary N) is 1. The van der Waals surface area contributed by atoms with Gasteiger partial charge in [-0.2, -0.15) is 4.52 Å². The van der Waals surface area contributed by atoms with Crippen LogP contribution in [0.4, 0.5) is 4.39 Å². The SMILES string of the molecule is CCc1nc2sc([C@H](c3cccc(F)c3)[NH+]3CCC(C(N)=O)CC3)c(O)n2n1. The summed E-state index contributed by atoms with van der Waals surface area (Å²) in [6.45, 7) is 3.38. The molecule has 4 rings (SSSR count). The predicted molar refractivity (Wildman–Crippen MR) is 103 cm³/mol. The van der Waals surface area contributed by atoms with Crippen LogP contribution in [0.5, 0.6) is 5.88 Å². The Kier molecular flexibility index (Phi) is 5.03. The van der Waals surface area contributed by atoms with E-state index in [1.165, 1.54) is 32.9 Å². The molecule has 3 heterocycles. The Morgan fingerprint density at radius 3 is 2.82 bits per heavy atom. The summed E-state index contributed by atoms with van der Waals surface area (Å²) in [6.07, 6.45) is 2.04. The number of thiazole rings is 1. The number of amides is 1. The van der Waals surface area contributed by atoms with Gasteiger partial charge in [0.2, 0.25) is 16.7 Å². The molecule has 0 saturated carbocycles. The number of primary amides is 1. The maximum Gasteiger partial charge on any atom is 0.235 e. The molecule has 1 amide bonds. The minimum absolute atomic E-state index is 0.0472. The van der Waals surface area contributed by atoms with Crippen molar-refractivity contribution in [1.82, 2.24) is 14.6 Å². The number of carbonyl (C=O) groups is 1. The first-order valence-corrected chi connectivity index (χ1v) is 10.3. The maximum absolute atomic E-state index is 14.0. The van der Waals surface area contributed by atoms with Gasteiger partial charge in [-0.3, -0.25) is 4.79 Å². The molecule has 0 unspecified atom stereocenters. The lowest BCUT2D eigenvalue weighted by molar-refractivity contribution is -0.930. The topological polar surface area (TPSA) is 98.0 Å². The lowest BCUT2D eigenvalue weighted by Crippen LogP contribution is -3.13. The van der Waals surface area contributed by atoms with Crippen LogP contribution in [0.1, 0.15) is 42.1 Å². The Balaban J connectivity index is 1.74. The van der Waals surface area contributed by atoms with Gasteiger partial charge < -0.3 is 15.7 Å². The fraction of sp³-hybridized carbons (Fsp3) is 0.421. The molecule has 0 radical (unpaired) electrons. The molecule has 1 aliphatic heterocycles. The van der Waals surface area contributed by atoms with Gasteiger partial charge in [-0.1, -0.05) is 30.4 Å². The van der Waals surface area contributed by atoms with Crippen molar-refractivity contribution < 1.29 is 19.2 Å². The zero-order chi connectivity index (χ0) is 19.8. The van der Waals surface area contributed by atoms with Crippen LogP contribution < -0.4 is 10.6 Å². The summed E-state index contributed by atoms with van der Waals surface area (Å²) >= 11 is 1.37. The number of halogens is 1. The fourth-order valence-electron chi connectivity index (χ4n) is 3.95. The van der Waals surface area contributed by atoms with Crippen LogP contribution >= 0.6 is 11.3 Å². The summed E-state index contributed by atoms with van der Waals surface area (Å²) < 4.78 is 15.4. The molecule has 0 aliphatic carbocycles. The van der Waals surface area contributed by atoms with Crippen molar-refractivity contribution in [3.8, 4) is 5.88 Å². The number of aryl methyl sites for hydroxylation is 1. The number of quaternary nitrogens is 1.